The second-order valence-electron chi connectivity index (χ2n) is 5.95. The highest BCUT2D eigenvalue weighted by Gasteiger charge is 2.33. The molecule has 0 radical (unpaired) electrons. The summed E-state index contributed by atoms with van der Waals surface area (Å²) in [5.41, 5.74) is 0. The third kappa shape index (κ3) is 3.58. The highest BCUT2D eigenvalue weighted by molar-refractivity contribution is 9.11. The van der Waals surface area contributed by atoms with E-state index in [1.807, 2.05) is 0 Å². The Hall–Kier alpha value is -0.620. The smallest absolute Gasteiger partial charge is 0.207 e. The van der Waals surface area contributed by atoms with Crippen LogP contribution in [-0.4, -0.2) is 25.8 Å². The summed E-state index contributed by atoms with van der Waals surface area (Å²) in [7, 11) is -3.50. The SMILES string of the molecule is O=S(=O)(c1ccccc1Cl)N1CCC(C2C=CCC=C2Br)CC1. The fourth-order valence-electron chi connectivity index (χ4n) is 3.28. The molecule has 0 aromatic heterocycles. The molecule has 0 saturated carbocycles. The van der Waals surface area contributed by atoms with Crippen molar-refractivity contribution in [2.75, 3.05) is 13.1 Å². The van der Waals surface area contributed by atoms with E-state index in [0.29, 0.717) is 24.9 Å². The van der Waals surface area contributed by atoms with Gasteiger partial charge in [0.25, 0.3) is 0 Å². The van der Waals surface area contributed by atoms with E-state index in [-0.39, 0.29) is 9.92 Å². The predicted octanol–water partition coefficient (Wildman–Crippen LogP) is 4.60. The van der Waals surface area contributed by atoms with Gasteiger partial charge in [0.2, 0.25) is 10.0 Å². The van der Waals surface area contributed by atoms with Gasteiger partial charge in [-0.25, -0.2) is 8.42 Å². The summed E-state index contributed by atoms with van der Waals surface area (Å²) < 4.78 is 28.3. The zero-order chi connectivity index (χ0) is 16.4. The molecule has 1 aromatic rings. The van der Waals surface area contributed by atoms with Gasteiger partial charge in [-0.3, -0.25) is 0 Å². The van der Waals surface area contributed by atoms with Crippen LogP contribution < -0.4 is 0 Å². The Morgan fingerprint density at radius 3 is 2.52 bits per heavy atom. The van der Waals surface area contributed by atoms with E-state index in [0.717, 1.165) is 19.3 Å². The fraction of sp³-hybridized carbons (Fsp3) is 0.412. The van der Waals surface area contributed by atoms with Gasteiger partial charge in [0.1, 0.15) is 4.90 Å². The van der Waals surface area contributed by atoms with Gasteiger partial charge in [-0.1, -0.05) is 57.9 Å². The molecule has 1 fully saturated rings. The molecular weight excluding hydrogens is 398 g/mol. The number of rotatable bonds is 3. The summed E-state index contributed by atoms with van der Waals surface area (Å²) in [5, 5.41) is 0.288. The maximum Gasteiger partial charge on any atom is 0.244 e. The first kappa shape index (κ1) is 17.2. The predicted molar refractivity (Wildman–Crippen MR) is 97.2 cm³/mol. The minimum atomic E-state index is -3.50. The van der Waals surface area contributed by atoms with Crippen LogP contribution in [0.4, 0.5) is 0 Å². The molecule has 3 rings (SSSR count). The molecular formula is C17H19BrClNO2S. The Kier molecular flexibility index (Phi) is 5.31. The van der Waals surface area contributed by atoms with Gasteiger partial charge >= 0.3 is 0 Å². The highest BCUT2D eigenvalue weighted by atomic mass is 79.9. The zero-order valence-corrected chi connectivity index (χ0v) is 15.8. The normalized spacial score (nSPS) is 23.7. The molecule has 0 N–H and O–H groups in total. The van der Waals surface area contributed by atoms with Gasteiger partial charge in [0, 0.05) is 19.0 Å². The number of allylic oxidation sites excluding steroid dienone is 4. The molecule has 2 aliphatic rings. The number of halogens is 2. The lowest BCUT2D eigenvalue weighted by Crippen LogP contribution is -2.40. The summed E-state index contributed by atoms with van der Waals surface area (Å²) in [5.74, 6) is 0.865. The molecule has 1 unspecified atom stereocenters. The van der Waals surface area contributed by atoms with Crippen LogP contribution in [0.2, 0.25) is 5.02 Å². The van der Waals surface area contributed by atoms with Crippen LogP contribution in [0.15, 0.2) is 51.9 Å². The number of nitrogens with zero attached hydrogens (tertiary/aromatic N) is 1. The molecule has 1 atom stereocenters. The van der Waals surface area contributed by atoms with Crippen molar-refractivity contribution in [1.29, 1.82) is 0 Å². The second kappa shape index (κ2) is 7.09. The molecule has 1 aliphatic heterocycles. The Bertz CT molecular complexity index is 737. The number of piperidine rings is 1. The topological polar surface area (TPSA) is 37.4 Å². The number of hydrogen-bond donors (Lipinski definition) is 0. The highest BCUT2D eigenvalue weighted by Crippen LogP contribution is 2.37. The Morgan fingerprint density at radius 2 is 1.87 bits per heavy atom. The van der Waals surface area contributed by atoms with Crippen LogP contribution in [0, 0.1) is 11.8 Å². The molecule has 6 heteroatoms. The van der Waals surface area contributed by atoms with Crippen molar-refractivity contribution in [3.63, 3.8) is 0 Å². The summed E-state index contributed by atoms with van der Waals surface area (Å²) in [6.45, 7) is 1.09. The maximum atomic E-state index is 12.8. The van der Waals surface area contributed by atoms with Gasteiger partial charge in [0.05, 0.1) is 5.02 Å². The average molecular weight is 417 g/mol. The zero-order valence-electron chi connectivity index (χ0n) is 12.7. The van der Waals surface area contributed by atoms with Gasteiger partial charge in [-0.15, -0.1) is 0 Å². The number of hydrogen-bond acceptors (Lipinski definition) is 2. The Morgan fingerprint density at radius 1 is 1.17 bits per heavy atom. The van der Waals surface area contributed by atoms with Crippen molar-refractivity contribution in [3.05, 3.63) is 52.0 Å². The molecule has 1 heterocycles. The lowest BCUT2D eigenvalue weighted by molar-refractivity contribution is 0.248. The summed E-state index contributed by atoms with van der Waals surface area (Å²) in [6, 6.07) is 6.65. The summed E-state index contributed by atoms with van der Waals surface area (Å²) in [6.07, 6.45) is 9.31. The van der Waals surface area contributed by atoms with Crippen molar-refractivity contribution < 1.29 is 8.42 Å². The van der Waals surface area contributed by atoms with E-state index >= 15 is 0 Å². The van der Waals surface area contributed by atoms with E-state index in [4.69, 9.17) is 11.6 Å². The quantitative estimate of drug-likeness (QED) is 0.676. The van der Waals surface area contributed by atoms with E-state index in [9.17, 15) is 8.42 Å². The van der Waals surface area contributed by atoms with Crippen LogP contribution in [0.1, 0.15) is 19.3 Å². The second-order valence-corrected chi connectivity index (χ2v) is 9.18. The van der Waals surface area contributed by atoms with Crippen LogP contribution in [0.5, 0.6) is 0 Å². The molecule has 1 aromatic carbocycles. The van der Waals surface area contributed by atoms with Crippen LogP contribution in [0.25, 0.3) is 0 Å². The lowest BCUT2D eigenvalue weighted by Gasteiger charge is -2.35. The summed E-state index contributed by atoms with van der Waals surface area (Å²) in [4.78, 5) is 0.207. The molecule has 0 bridgehead atoms. The van der Waals surface area contributed by atoms with Crippen molar-refractivity contribution in [1.82, 2.24) is 4.31 Å². The standard InChI is InChI=1S/C17H19BrClNO2S/c18-15-6-2-1-5-14(15)13-9-11-20(12-10-13)23(21,22)17-8-4-3-7-16(17)19/h1,3-8,13-14H,2,9-12H2. The molecule has 124 valence electrons. The fourth-order valence-corrected chi connectivity index (χ4v) is 5.96. The van der Waals surface area contributed by atoms with Crippen molar-refractivity contribution >= 4 is 37.6 Å². The Balaban J connectivity index is 1.72. The average Bonchev–Trinajstić information content (AvgIpc) is 2.56. The number of sulfonamides is 1. The lowest BCUT2D eigenvalue weighted by atomic mass is 9.83. The molecule has 1 aliphatic carbocycles. The van der Waals surface area contributed by atoms with Gasteiger partial charge in [-0.2, -0.15) is 4.31 Å². The number of benzene rings is 1. The molecule has 3 nitrogen and oxygen atoms in total. The first-order valence-electron chi connectivity index (χ1n) is 7.77. The van der Waals surface area contributed by atoms with E-state index in [1.54, 1.807) is 28.6 Å². The van der Waals surface area contributed by atoms with Crippen molar-refractivity contribution in [2.45, 2.75) is 24.2 Å². The third-order valence-electron chi connectivity index (χ3n) is 4.57. The molecule has 1 saturated heterocycles. The van der Waals surface area contributed by atoms with E-state index in [2.05, 4.69) is 34.2 Å². The Labute approximate surface area is 151 Å². The van der Waals surface area contributed by atoms with Crippen LogP contribution in [0.3, 0.4) is 0 Å². The van der Waals surface area contributed by atoms with Gasteiger partial charge < -0.3 is 0 Å². The largest absolute Gasteiger partial charge is 0.244 e. The van der Waals surface area contributed by atoms with Crippen LogP contribution in [-0.2, 0) is 10.0 Å². The van der Waals surface area contributed by atoms with Gasteiger partial charge in [0.15, 0.2) is 0 Å². The molecule has 23 heavy (non-hydrogen) atoms. The maximum absolute atomic E-state index is 12.8. The minimum Gasteiger partial charge on any atom is -0.207 e. The molecule has 0 spiro atoms. The van der Waals surface area contributed by atoms with Crippen LogP contribution >= 0.6 is 27.5 Å². The van der Waals surface area contributed by atoms with Crippen molar-refractivity contribution in [3.8, 4) is 0 Å². The molecule has 0 amide bonds. The van der Waals surface area contributed by atoms with E-state index < -0.39 is 10.0 Å². The first-order chi connectivity index (χ1) is 11.0. The first-order valence-corrected chi connectivity index (χ1v) is 10.4. The van der Waals surface area contributed by atoms with Crippen molar-refractivity contribution in [2.24, 2.45) is 11.8 Å². The summed E-state index contributed by atoms with van der Waals surface area (Å²) >= 11 is 9.72. The van der Waals surface area contributed by atoms with E-state index in [1.165, 1.54) is 4.48 Å². The minimum absolute atomic E-state index is 0.207. The third-order valence-corrected chi connectivity index (χ3v) is 7.82. The monoisotopic (exact) mass is 415 g/mol. The van der Waals surface area contributed by atoms with Gasteiger partial charge in [-0.05, 0) is 41.8 Å².